The van der Waals surface area contributed by atoms with Crippen molar-refractivity contribution < 1.29 is 13.2 Å². The van der Waals surface area contributed by atoms with Gasteiger partial charge in [0.2, 0.25) is 0 Å². The smallest absolute Gasteiger partial charge is 0.187 e. The third-order valence-electron chi connectivity index (χ3n) is 3.75. The molecule has 2 aliphatic rings. The lowest BCUT2D eigenvalue weighted by molar-refractivity contribution is 0.116. The van der Waals surface area contributed by atoms with Gasteiger partial charge in [0, 0.05) is 20.2 Å². The van der Waals surface area contributed by atoms with Crippen molar-refractivity contribution in [2.75, 3.05) is 30.8 Å². The molecule has 8 heteroatoms. The summed E-state index contributed by atoms with van der Waals surface area (Å²) in [6.07, 6.45) is 3.71. The van der Waals surface area contributed by atoms with Gasteiger partial charge in [-0.1, -0.05) is 0 Å². The van der Waals surface area contributed by atoms with Gasteiger partial charge in [0.15, 0.2) is 15.7 Å². The standard InChI is InChI=1S/C12H19N3O3S2/c1-15(7-8-3-2-6-18-8)12-10(11(13)14-19-12)20(16,17)9-4-5-9/h8-9H,2-7H2,1H3,(H2,13,14). The molecule has 0 bridgehead atoms. The highest BCUT2D eigenvalue weighted by Crippen LogP contribution is 2.42. The number of aromatic nitrogens is 1. The second-order valence-electron chi connectivity index (χ2n) is 5.46. The third kappa shape index (κ3) is 2.51. The van der Waals surface area contributed by atoms with Crippen molar-refractivity contribution in [2.24, 2.45) is 0 Å². The van der Waals surface area contributed by atoms with Gasteiger partial charge in [0.25, 0.3) is 0 Å². The Morgan fingerprint density at radius 3 is 2.80 bits per heavy atom. The van der Waals surface area contributed by atoms with E-state index in [0.29, 0.717) is 11.5 Å². The second kappa shape index (κ2) is 5.16. The summed E-state index contributed by atoms with van der Waals surface area (Å²) in [5, 5.41) is 0.376. The monoisotopic (exact) mass is 317 g/mol. The zero-order chi connectivity index (χ0) is 14.3. The molecular weight excluding hydrogens is 298 g/mol. The number of likely N-dealkylation sites (N-methyl/N-ethyl adjacent to an activating group) is 1. The van der Waals surface area contributed by atoms with Gasteiger partial charge in [-0.15, -0.1) is 0 Å². The highest BCUT2D eigenvalue weighted by molar-refractivity contribution is 7.92. The van der Waals surface area contributed by atoms with Gasteiger partial charge in [-0.2, -0.15) is 4.37 Å². The Morgan fingerprint density at radius 1 is 1.45 bits per heavy atom. The van der Waals surface area contributed by atoms with Crippen LogP contribution in [0.15, 0.2) is 4.90 Å². The van der Waals surface area contributed by atoms with E-state index >= 15 is 0 Å². The van der Waals surface area contributed by atoms with Crippen LogP contribution in [-0.4, -0.2) is 44.3 Å². The van der Waals surface area contributed by atoms with Crippen molar-refractivity contribution in [1.82, 2.24) is 4.37 Å². The fourth-order valence-corrected chi connectivity index (χ4v) is 5.54. The molecule has 1 aromatic heterocycles. The normalized spacial score (nSPS) is 23.1. The minimum atomic E-state index is -3.32. The summed E-state index contributed by atoms with van der Waals surface area (Å²) >= 11 is 1.16. The zero-order valence-corrected chi connectivity index (χ0v) is 13.0. The predicted molar refractivity (Wildman–Crippen MR) is 79.0 cm³/mol. The first kappa shape index (κ1) is 14.1. The lowest BCUT2D eigenvalue weighted by Gasteiger charge is -2.22. The summed E-state index contributed by atoms with van der Waals surface area (Å²) in [4.78, 5) is 2.14. The molecule has 1 atom stereocenters. The fourth-order valence-electron chi connectivity index (χ4n) is 2.52. The number of hydrogen-bond donors (Lipinski definition) is 1. The average molecular weight is 317 g/mol. The topological polar surface area (TPSA) is 85.5 Å². The average Bonchev–Trinajstić information content (AvgIpc) is 3.01. The Balaban J connectivity index is 1.86. The van der Waals surface area contributed by atoms with Crippen LogP contribution in [0, 0.1) is 0 Å². The Morgan fingerprint density at radius 2 is 2.20 bits per heavy atom. The molecular formula is C12H19N3O3S2. The third-order valence-corrected chi connectivity index (χ3v) is 7.18. The van der Waals surface area contributed by atoms with Crippen LogP contribution in [0.25, 0.3) is 0 Å². The number of sulfone groups is 1. The summed E-state index contributed by atoms with van der Waals surface area (Å²) in [6.45, 7) is 1.46. The van der Waals surface area contributed by atoms with Crippen molar-refractivity contribution in [3.05, 3.63) is 0 Å². The zero-order valence-electron chi connectivity index (χ0n) is 11.4. The molecule has 1 saturated carbocycles. The van der Waals surface area contributed by atoms with Crippen LogP contribution in [-0.2, 0) is 14.6 Å². The molecule has 2 fully saturated rings. The number of nitrogens with two attached hydrogens (primary N) is 1. The number of nitrogen functional groups attached to an aromatic ring is 1. The van der Waals surface area contributed by atoms with Crippen molar-refractivity contribution in [1.29, 1.82) is 0 Å². The van der Waals surface area contributed by atoms with Crippen molar-refractivity contribution in [2.45, 2.75) is 41.9 Å². The van der Waals surface area contributed by atoms with E-state index in [9.17, 15) is 8.42 Å². The maximum absolute atomic E-state index is 12.5. The van der Waals surface area contributed by atoms with Crippen molar-refractivity contribution >= 4 is 32.2 Å². The van der Waals surface area contributed by atoms with Gasteiger partial charge in [-0.25, -0.2) is 8.42 Å². The number of anilines is 2. The lowest BCUT2D eigenvalue weighted by atomic mass is 10.2. The molecule has 0 spiro atoms. The van der Waals surface area contributed by atoms with E-state index in [0.717, 1.165) is 43.8 Å². The minimum absolute atomic E-state index is 0.135. The Hall–Kier alpha value is -0.860. The first-order valence-corrected chi connectivity index (χ1v) is 9.14. The molecule has 0 radical (unpaired) electrons. The lowest BCUT2D eigenvalue weighted by Crippen LogP contribution is -2.29. The highest BCUT2D eigenvalue weighted by Gasteiger charge is 2.41. The molecule has 1 aliphatic heterocycles. The minimum Gasteiger partial charge on any atom is -0.382 e. The van der Waals surface area contributed by atoms with Crippen LogP contribution < -0.4 is 10.6 Å². The van der Waals surface area contributed by atoms with Crippen LogP contribution >= 0.6 is 11.5 Å². The molecule has 6 nitrogen and oxygen atoms in total. The summed E-state index contributed by atoms with van der Waals surface area (Å²) in [6, 6.07) is 0. The van der Waals surface area contributed by atoms with Crippen LogP contribution in [0.4, 0.5) is 10.8 Å². The molecule has 2 N–H and O–H groups in total. The molecule has 1 aromatic rings. The maximum Gasteiger partial charge on any atom is 0.187 e. The Kier molecular flexibility index (Phi) is 3.64. The molecule has 20 heavy (non-hydrogen) atoms. The first-order valence-electron chi connectivity index (χ1n) is 6.82. The van der Waals surface area contributed by atoms with E-state index in [1.54, 1.807) is 0 Å². The number of ether oxygens (including phenoxy) is 1. The van der Waals surface area contributed by atoms with E-state index in [1.165, 1.54) is 0 Å². The fraction of sp³-hybridized carbons (Fsp3) is 0.750. The summed E-state index contributed by atoms with van der Waals surface area (Å²) in [7, 11) is -1.45. The van der Waals surface area contributed by atoms with Gasteiger partial charge in [-0.3, -0.25) is 0 Å². The van der Waals surface area contributed by atoms with Crippen LogP contribution in [0.1, 0.15) is 25.7 Å². The van der Waals surface area contributed by atoms with Crippen LogP contribution in [0.3, 0.4) is 0 Å². The number of rotatable bonds is 5. The molecule has 1 aliphatic carbocycles. The molecule has 3 rings (SSSR count). The molecule has 1 unspecified atom stereocenters. The summed E-state index contributed by atoms with van der Waals surface area (Å²) < 4.78 is 34.6. The van der Waals surface area contributed by atoms with Gasteiger partial charge in [-0.05, 0) is 37.2 Å². The summed E-state index contributed by atoms with van der Waals surface area (Å²) in [5.41, 5.74) is 5.80. The van der Waals surface area contributed by atoms with E-state index in [1.807, 2.05) is 11.9 Å². The summed E-state index contributed by atoms with van der Waals surface area (Å²) in [5.74, 6) is 0.135. The number of hydrogen-bond acceptors (Lipinski definition) is 7. The van der Waals surface area contributed by atoms with Crippen molar-refractivity contribution in [3.8, 4) is 0 Å². The highest BCUT2D eigenvalue weighted by atomic mass is 32.2. The predicted octanol–water partition coefficient (Wildman–Crippen LogP) is 1.28. The van der Waals surface area contributed by atoms with E-state index < -0.39 is 9.84 Å². The SMILES string of the molecule is CN(CC1CCCO1)c1snc(N)c1S(=O)(=O)C1CC1. The molecule has 0 aromatic carbocycles. The van der Waals surface area contributed by atoms with Crippen LogP contribution in [0.2, 0.25) is 0 Å². The van der Waals surface area contributed by atoms with Gasteiger partial charge in [0.1, 0.15) is 9.90 Å². The Bertz CT molecular complexity index is 589. The van der Waals surface area contributed by atoms with E-state index in [-0.39, 0.29) is 22.1 Å². The molecule has 0 amide bonds. The molecule has 1 saturated heterocycles. The van der Waals surface area contributed by atoms with Gasteiger partial charge < -0.3 is 15.4 Å². The maximum atomic E-state index is 12.5. The number of nitrogens with zero attached hydrogens (tertiary/aromatic N) is 2. The molecule has 2 heterocycles. The largest absolute Gasteiger partial charge is 0.382 e. The first-order chi connectivity index (χ1) is 9.50. The van der Waals surface area contributed by atoms with E-state index in [2.05, 4.69) is 4.37 Å². The quantitative estimate of drug-likeness (QED) is 0.880. The van der Waals surface area contributed by atoms with Gasteiger partial charge in [0.05, 0.1) is 11.4 Å². The van der Waals surface area contributed by atoms with Gasteiger partial charge >= 0.3 is 0 Å². The van der Waals surface area contributed by atoms with Crippen molar-refractivity contribution in [3.63, 3.8) is 0 Å². The molecule has 112 valence electrons. The van der Waals surface area contributed by atoms with E-state index in [4.69, 9.17) is 10.5 Å². The van der Waals surface area contributed by atoms with Crippen LogP contribution in [0.5, 0.6) is 0 Å². The Labute approximate surface area is 123 Å². The second-order valence-corrected chi connectivity index (χ2v) is 8.38.